The first-order valence-electron chi connectivity index (χ1n) is 14.0. The molecule has 0 bridgehead atoms. The second-order valence-electron chi connectivity index (χ2n) is 10.8. The molecule has 1 aliphatic rings. The highest BCUT2D eigenvalue weighted by atomic mass is 15.2. The first-order chi connectivity index (χ1) is 20.3. The molecule has 194 valence electrons. The monoisotopic (exact) mass is 528 g/mol. The van der Waals surface area contributed by atoms with Gasteiger partial charge in [-0.3, -0.25) is 4.57 Å². The minimum atomic E-state index is 0.548. The molecule has 0 radical (unpaired) electrons. The van der Waals surface area contributed by atoms with Crippen LogP contribution in [-0.4, -0.2) is 29.1 Å². The summed E-state index contributed by atoms with van der Waals surface area (Å²) in [6, 6.07) is 36.8. The maximum Gasteiger partial charge on any atom is 0.237 e. The van der Waals surface area contributed by atoms with Gasteiger partial charge in [0.15, 0.2) is 0 Å². The highest BCUT2D eigenvalue weighted by molar-refractivity contribution is 6.11. The third-order valence-electron chi connectivity index (χ3n) is 8.33. The van der Waals surface area contributed by atoms with Crippen molar-refractivity contribution in [2.45, 2.75) is 18.8 Å². The number of hydrogen-bond donors (Lipinski definition) is 0. The second-order valence-corrected chi connectivity index (χ2v) is 10.8. The third-order valence-corrected chi connectivity index (χ3v) is 8.33. The number of fused-ring (bicyclic) bond motifs is 6. The number of hydrogen-bond acceptors (Lipinski definition) is 4. The van der Waals surface area contributed by atoms with Crippen LogP contribution in [-0.2, 0) is 0 Å². The maximum absolute atomic E-state index is 5.40. The van der Waals surface area contributed by atoms with Crippen molar-refractivity contribution < 1.29 is 0 Å². The van der Waals surface area contributed by atoms with Crippen LogP contribution < -0.4 is 0 Å². The lowest BCUT2D eigenvalue weighted by atomic mass is 9.96. The van der Waals surface area contributed by atoms with Crippen LogP contribution in [0.4, 0.5) is 0 Å². The molecule has 0 N–H and O–H groups in total. The zero-order chi connectivity index (χ0) is 26.9. The molecular formula is C35H24N6. The minimum absolute atomic E-state index is 0.548. The summed E-state index contributed by atoms with van der Waals surface area (Å²) in [5, 5.41) is 10.2. The fraction of sp³-hybridized carbons (Fsp3) is 0.0857. The SMILES string of the molecule is c1ccc(-c2c(-c3ccc4c5ccccc5n(-c5ncncn5)c4c3)nn3c(C4CC4)cc4ccccc4c23)cc1. The van der Waals surface area contributed by atoms with Crippen LogP contribution in [0.3, 0.4) is 0 Å². The predicted molar refractivity (Wildman–Crippen MR) is 163 cm³/mol. The fourth-order valence-electron chi connectivity index (χ4n) is 6.34. The van der Waals surface area contributed by atoms with Gasteiger partial charge in [0.25, 0.3) is 0 Å². The van der Waals surface area contributed by atoms with Gasteiger partial charge in [0.05, 0.1) is 16.6 Å². The van der Waals surface area contributed by atoms with Crippen molar-refractivity contribution in [3.8, 4) is 28.3 Å². The molecule has 0 unspecified atom stereocenters. The molecule has 8 aromatic rings. The summed E-state index contributed by atoms with van der Waals surface area (Å²) in [7, 11) is 0. The molecule has 0 saturated heterocycles. The standard InChI is InChI=1S/C35H24N6/c1-2-8-23(9-3-1)32-33(39-41-30(22-14-15-22)18-24-10-4-5-11-26(24)34(32)41)25-16-17-28-27-12-6-7-13-29(27)40(31(28)19-25)35-37-20-36-21-38-35/h1-13,16-22H,14-15H2. The molecule has 0 aliphatic heterocycles. The van der Waals surface area contributed by atoms with Crippen LogP contribution in [0.1, 0.15) is 24.5 Å². The Morgan fingerprint density at radius 2 is 1.37 bits per heavy atom. The van der Waals surface area contributed by atoms with Crippen molar-refractivity contribution in [2.24, 2.45) is 0 Å². The quantitative estimate of drug-likeness (QED) is 0.232. The summed E-state index contributed by atoms with van der Waals surface area (Å²) in [5.74, 6) is 1.15. The van der Waals surface area contributed by atoms with E-state index >= 15 is 0 Å². The summed E-state index contributed by atoms with van der Waals surface area (Å²) < 4.78 is 4.35. The Balaban J connectivity index is 1.41. The number of rotatable bonds is 4. The van der Waals surface area contributed by atoms with Gasteiger partial charge < -0.3 is 0 Å². The van der Waals surface area contributed by atoms with Crippen molar-refractivity contribution >= 4 is 38.1 Å². The largest absolute Gasteiger partial charge is 0.278 e. The molecule has 0 amide bonds. The van der Waals surface area contributed by atoms with Crippen molar-refractivity contribution in [1.29, 1.82) is 0 Å². The van der Waals surface area contributed by atoms with Gasteiger partial charge in [-0.15, -0.1) is 0 Å². The van der Waals surface area contributed by atoms with Gasteiger partial charge in [0.2, 0.25) is 5.95 Å². The minimum Gasteiger partial charge on any atom is -0.278 e. The van der Waals surface area contributed by atoms with Crippen LogP contribution >= 0.6 is 0 Å². The Morgan fingerprint density at radius 1 is 0.634 bits per heavy atom. The fourth-order valence-corrected chi connectivity index (χ4v) is 6.34. The molecule has 1 fully saturated rings. The van der Waals surface area contributed by atoms with E-state index in [-0.39, 0.29) is 0 Å². The molecule has 1 saturated carbocycles. The van der Waals surface area contributed by atoms with E-state index in [9.17, 15) is 0 Å². The lowest BCUT2D eigenvalue weighted by molar-refractivity contribution is 0.866. The van der Waals surface area contributed by atoms with Gasteiger partial charge >= 0.3 is 0 Å². The Labute approximate surface area is 235 Å². The van der Waals surface area contributed by atoms with Crippen molar-refractivity contribution in [1.82, 2.24) is 29.1 Å². The first-order valence-corrected chi connectivity index (χ1v) is 14.0. The Morgan fingerprint density at radius 3 is 2.20 bits per heavy atom. The normalized spacial score (nSPS) is 13.6. The van der Waals surface area contributed by atoms with E-state index < -0.39 is 0 Å². The van der Waals surface area contributed by atoms with Gasteiger partial charge in [-0.05, 0) is 42.0 Å². The summed E-state index contributed by atoms with van der Waals surface area (Å²) in [4.78, 5) is 13.1. The smallest absolute Gasteiger partial charge is 0.237 e. The summed E-state index contributed by atoms with van der Waals surface area (Å²) in [6.07, 6.45) is 5.52. The number of para-hydroxylation sites is 1. The van der Waals surface area contributed by atoms with Crippen molar-refractivity contribution in [3.63, 3.8) is 0 Å². The maximum atomic E-state index is 5.40. The molecule has 4 heterocycles. The average molecular weight is 529 g/mol. The lowest BCUT2D eigenvalue weighted by Crippen LogP contribution is -2.00. The van der Waals surface area contributed by atoms with Crippen LogP contribution in [0, 0.1) is 0 Å². The van der Waals surface area contributed by atoms with E-state index in [1.807, 2.05) is 0 Å². The van der Waals surface area contributed by atoms with Gasteiger partial charge in [-0.2, -0.15) is 5.10 Å². The molecule has 0 spiro atoms. The third kappa shape index (κ3) is 3.37. The molecular weight excluding hydrogens is 504 g/mol. The second kappa shape index (κ2) is 8.57. The zero-order valence-electron chi connectivity index (χ0n) is 22.1. The van der Waals surface area contributed by atoms with Crippen molar-refractivity contribution in [2.75, 3.05) is 0 Å². The number of nitrogens with zero attached hydrogens (tertiary/aromatic N) is 6. The summed E-state index contributed by atoms with van der Waals surface area (Å²) in [6.45, 7) is 0. The molecule has 1 aliphatic carbocycles. The molecule has 4 aromatic heterocycles. The first kappa shape index (κ1) is 22.5. The number of pyridine rings is 1. The summed E-state index contributed by atoms with van der Waals surface area (Å²) in [5.41, 5.74) is 8.92. The average Bonchev–Trinajstić information content (AvgIpc) is 3.72. The molecule has 6 nitrogen and oxygen atoms in total. The lowest BCUT2D eigenvalue weighted by Gasteiger charge is -2.09. The van der Waals surface area contributed by atoms with Crippen LogP contribution in [0.25, 0.3) is 66.4 Å². The Hall–Kier alpha value is -5.36. The molecule has 6 heteroatoms. The summed E-state index contributed by atoms with van der Waals surface area (Å²) >= 11 is 0. The molecule has 0 atom stereocenters. The number of benzene rings is 4. The van der Waals surface area contributed by atoms with E-state index in [1.54, 1.807) is 12.7 Å². The van der Waals surface area contributed by atoms with Gasteiger partial charge in [0.1, 0.15) is 18.3 Å². The molecule has 4 aromatic carbocycles. The van der Waals surface area contributed by atoms with Crippen LogP contribution in [0.15, 0.2) is 116 Å². The van der Waals surface area contributed by atoms with Crippen LogP contribution in [0.5, 0.6) is 0 Å². The van der Waals surface area contributed by atoms with Gasteiger partial charge in [-0.25, -0.2) is 19.5 Å². The highest BCUT2D eigenvalue weighted by Gasteiger charge is 2.29. The predicted octanol–water partition coefficient (Wildman–Crippen LogP) is 7.98. The zero-order valence-corrected chi connectivity index (χ0v) is 22.1. The highest BCUT2D eigenvalue weighted by Crippen LogP contribution is 2.45. The van der Waals surface area contributed by atoms with Gasteiger partial charge in [0, 0.05) is 38.9 Å². The van der Waals surface area contributed by atoms with E-state index in [2.05, 4.69) is 127 Å². The van der Waals surface area contributed by atoms with E-state index in [0.717, 1.165) is 44.2 Å². The Bertz CT molecular complexity index is 2260. The molecule has 41 heavy (non-hydrogen) atoms. The van der Waals surface area contributed by atoms with E-state index in [1.165, 1.54) is 34.8 Å². The van der Waals surface area contributed by atoms with E-state index in [0.29, 0.717) is 11.9 Å². The van der Waals surface area contributed by atoms with Gasteiger partial charge in [-0.1, -0.05) is 84.9 Å². The number of aromatic nitrogens is 6. The molecule has 9 rings (SSSR count). The topological polar surface area (TPSA) is 60.9 Å². The Kier molecular flexibility index (Phi) is 4.69. The van der Waals surface area contributed by atoms with Crippen molar-refractivity contribution in [3.05, 3.63) is 121 Å². The van der Waals surface area contributed by atoms with Crippen LogP contribution in [0.2, 0.25) is 0 Å². The van der Waals surface area contributed by atoms with E-state index in [4.69, 9.17) is 5.10 Å².